The molecule has 0 fully saturated rings. The fraction of sp³-hybridized carbons (Fsp3) is 0.167. The van der Waals surface area contributed by atoms with Gasteiger partial charge in [-0.2, -0.15) is 0 Å². The highest BCUT2D eigenvalue weighted by Crippen LogP contribution is 2.22. The van der Waals surface area contributed by atoms with E-state index < -0.39 is 10.0 Å². The fourth-order valence-electron chi connectivity index (χ4n) is 2.37. The summed E-state index contributed by atoms with van der Waals surface area (Å²) in [5.41, 5.74) is 2.72. The van der Waals surface area contributed by atoms with Crippen molar-refractivity contribution in [1.82, 2.24) is 10.2 Å². The number of aromatic nitrogens is 2. The second-order valence-electron chi connectivity index (χ2n) is 5.96. The van der Waals surface area contributed by atoms with Gasteiger partial charge in [0.15, 0.2) is 0 Å². The van der Waals surface area contributed by atoms with E-state index in [4.69, 9.17) is 0 Å². The molecule has 2 N–H and O–H groups in total. The van der Waals surface area contributed by atoms with E-state index in [1.54, 1.807) is 19.1 Å². The third kappa shape index (κ3) is 4.32. The Hall–Kier alpha value is -2.78. The number of hydrogen-bond acceptors (Lipinski definition) is 6. The van der Waals surface area contributed by atoms with Crippen molar-refractivity contribution < 1.29 is 13.2 Å². The van der Waals surface area contributed by atoms with E-state index in [0.717, 1.165) is 16.1 Å². The Morgan fingerprint density at radius 1 is 1.00 bits per heavy atom. The minimum atomic E-state index is -3.75. The molecule has 7 nitrogen and oxygen atoms in total. The zero-order valence-electron chi connectivity index (χ0n) is 15.0. The highest BCUT2D eigenvalue weighted by Gasteiger charge is 2.17. The Labute approximate surface area is 161 Å². The molecule has 0 spiro atoms. The van der Waals surface area contributed by atoms with Gasteiger partial charge in [0.1, 0.15) is 5.01 Å². The summed E-state index contributed by atoms with van der Waals surface area (Å²) in [6.45, 7) is 5.56. The lowest BCUT2D eigenvalue weighted by atomic mass is 10.1. The summed E-state index contributed by atoms with van der Waals surface area (Å²) in [7, 11) is -3.75. The van der Waals surface area contributed by atoms with Gasteiger partial charge in [0, 0.05) is 5.56 Å². The quantitative estimate of drug-likeness (QED) is 0.680. The van der Waals surface area contributed by atoms with E-state index in [0.29, 0.717) is 16.4 Å². The van der Waals surface area contributed by atoms with Gasteiger partial charge in [-0.15, -0.1) is 10.2 Å². The predicted molar refractivity (Wildman–Crippen MR) is 106 cm³/mol. The summed E-state index contributed by atoms with van der Waals surface area (Å²) in [5.74, 6) is -0.377. The molecule has 0 atom stereocenters. The third-order valence-corrected chi connectivity index (χ3v) is 6.16. The molecule has 140 valence electrons. The molecule has 1 amide bonds. The van der Waals surface area contributed by atoms with E-state index in [2.05, 4.69) is 20.2 Å². The average molecular weight is 403 g/mol. The van der Waals surface area contributed by atoms with Gasteiger partial charge in [0.2, 0.25) is 5.13 Å². The van der Waals surface area contributed by atoms with Crippen LogP contribution in [0.15, 0.2) is 47.4 Å². The van der Waals surface area contributed by atoms with Crippen LogP contribution in [0.4, 0.5) is 10.8 Å². The van der Waals surface area contributed by atoms with Crippen molar-refractivity contribution in [3.05, 3.63) is 64.2 Å². The SMILES string of the molecule is Cc1nnc(NC(=O)c2ccc(S(=O)(=O)Nc3cccc(C)c3C)cc2)s1. The highest BCUT2D eigenvalue weighted by atomic mass is 32.2. The maximum Gasteiger partial charge on any atom is 0.261 e. The molecule has 0 saturated heterocycles. The largest absolute Gasteiger partial charge is 0.296 e. The molecule has 3 aromatic rings. The van der Waals surface area contributed by atoms with Crippen LogP contribution in [0.5, 0.6) is 0 Å². The number of carbonyl (C=O) groups is 1. The first-order valence-electron chi connectivity index (χ1n) is 8.07. The van der Waals surface area contributed by atoms with Crippen molar-refractivity contribution >= 4 is 38.1 Å². The number of aryl methyl sites for hydroxylation is 2. The number of sulfonamides is 1. The molecular weight excluding hydrogens is 384 g/mol. The Morgan fingerprint density at radius 2 is 1.70 bits per heavy atom. The number of rotatable bonds is 5. The topological polar surface area (TPSA) is 101 Å². The molecule has 0 aliphatic heterocycles. The van der Waals surface area contributed by atoms with Crippen molar-refractivity contribution in [2.24, 2.45) is 0 Å². The second kappa shape index (κ2) is 7.45. The van der Waals surface area contributed by atoms with Gasteiger partial charge in [-0.05, 0) is 62.2 Å². The van der Waals surface area contributed by atoms with Gasteiger partial charge in [-0.3, -0.25) is 14.8 Å². The number of carbonyl (C=O) groups excluding carboxylic acids is 1. The van der Waals surface area contributed by atoms with Crippen LogP contribution in [0, 0.1) is 20.8 Å². The van der Waals surface area contributed by atoms with E-state index in [9.17, 15) is 13.2 Å². The van der Waals surface area contributed by atoms with Gasteiger partial charge in [0.25, 0.3) is 15.9 Å². The van der Waals surface area contributed by atoms with Crippen LogP contribution in [-0.4, -0.2) is 24.5 Å². The van der Waals surface area contributed by atoms with E-state index in [-0.39, 0.29) is 10.8 Å². The van der Waals surface area contributed by atoms with Crippen LogP contribution in [0.25, 0.3) is 0 Å². The zero-order valence-corrected chi connectivity index (χ0v) is 16.6. The van der Waals surface area contributed by atoms with E-state index >= 15 is 0 Å². The molecule has 27 heavy (non-hydrogen) atoms. The third-order valence-electron chi connectivity index (χ3n) is 4.02. The summed E-state index contributed by atoms with van der Waals surface area (Å²) in [5, 5.41) is 11.4. The summed E-state index contributed by atoms with van der Waals surface area (Å²) >= 11 is 1.26. The fourth-order valence-corrected chi connectivity index (χ4v) is 4.08. The number of nitrogens with one attached hydrogen (secondary N) is 2. The highest BCUT2D eigenvalue weighted by molar-refractivity contribution is 7.92. The maximum atomic E-state index is 12.6. The van der Waals surface area contributed by atoms with Crippen molar-refractivity contribution in [3.63, 3.8) is 0 Å². The maximum absolute atomic E-state index is 12.6. The molecule has 0 saturated carbocycles. The lowest BCUT2D eigenvalue weighted by Crippen LogP contribution is -2.15. The number of nitrogens with zero attached hydrogens (tertiary/aromatic N) is 2. The van der Waals surface area contributed by atoms with Crippen molar-refractivity contribution in [2.45, 2.75) is 25.7 Å². The predicted octanol–water partition coefficient (Wildman–Crippen LogP) is 3.52. The van der Waals surface area contributed by atoms with E-state index in [1.807, 2.05) is 19.9 Å². The molecule has 0 unspecified atom stereocenters. The summed E-state index contributed by atoms with van der Waals surface area (Å²) in [6, 6.07) is 11.1. The Bertz CT molecular complexity index is 1090. The number of hydrogen-bond donors (Lipinski definition) is 2. The van der Waals surface area contributed by atoms with Gasteiger partial charge in [-0.1, -0.05) is 23.5 Å². The summed E-state index contributed by atoms with van der Waals surface area (Å²) < 4.78 is 27.8. The van der Waals surface area contributed by atoms with Crippen LogP contribution >= 0.6 is 11.3 Å². The first-order valence-corrected chi connectivity index (χ1v) is 10.4. The van der Waals surface area contributed by atoms with Gasteiger partial charge >= 0.3 is 0 Å². The summed E-state index contributed by atoms with van der Waals surface area (Å²) in [4.78, 5) is 12.3. The van der Waals surface area contributed by atoms with Crippen LogP contribution in [-0.2, 0) is 10.0 Å². The number of benzene rings is 2. The average Bonchev–Trinajstić information content (AvgIpc) is 3.04. The zero-order chi connectivity index (χ0) is 19.6. The normalized spacial score (nSPS) is 11.2. The van der Waals surface area contributed by atoms with Crippen LogP contribution in [0.3, 0.4) is 0 Å². The molecular formula is C18H18N4O3S2. The van der Waals surface area contributed by atoms with Crippen LogP contribution < -0.4 is 10.0 Å². The Balaban J connectivity index is 1.77. The monoisotopic (exact) mass is 402 g/mol. The van der Waals surface area contributed by atoms with Gasteiger partial charge in [0.05, 0.1) is 10.6 Å². The van der Waals surface area contributed by atoms with Crippen molar-refractivity contribution in [3.8, 4) is 0 Å². The molecule has 9 heteroatoms. The second-order valence-corrected chi connectivity index (χ2v) is 8.82. The lowest BCUT2D eigenvalue weighted by Gasteiger charge is -2.12. The smallest absolute Gasteiger partial charge is 0.261 e. The van der Waals surface area contributed by atoms with E-state index in [1.165, 1.54) is 35.6 Å². The first-order chi connectivity index (χ1) is 12.8. The Kier molecular flexibility index (Phi) is 5.24. The lowest BCUT2D eigenvalue weighted by molar-refractivity contribution is 0.102. The molecule has 0 aliphatic rings. The number of anilines is 2. The standard InChI is InChI=1S/C18H18N4O3S2/c1-11-5-4-6-16(12(11)2)22-27(24,25)15-9-7-14(8-10-15)17(23)19-18-21-20-13(3)26-18/h4-10,22H,1-3H3,(H,19,21,23). The van der Waals surface area contributed by atoms with Crippen LogP contribution in [0.1, 0.15) is 26.5 Å². The van der Waals surface area contributed by atoms with Crippen LogP contribution in [0.2, 0.25) is 0 Å². The molecule has 3 rings (SSSR count). The minimum absolute atomic E-state index is 0.0757. The molecule has 0 radical (unpaired) electrons. The molecule has 0 bridgehead atoms. The van der Waals surface area contributed by atoms with Crippen molar-refractivity contribution in [2.75, 3.05) is 10.0 Å². The number of amides is 1. The molecule has 2 aromatic carbocycles. The van der Waals surface area contributed by atoms with Crippen molar-refractivity contribution in [1.29, 1.82) is 0 Å². The molecule has 0 aliphatic carbocycles. The summed E-state index contributed by atoms with van der Waals surface area (Å²) in [6.07, 6.45) is 0. The Morgan fingerprint density at radius 3 is 2.33 bits per heavy atom. The first kappa shape index (κ1) is 19.0. The van der Waals surface area contributed by atoms with Gasteiger partial charge < -0.3 is 0 Å². The molecule has 1 heterocycles. The molecule has 1 aromatic heterocycles. The van der Waals surface area contributed by atoms with Gasteiger partial charge in [-0.25, -0.2) is 8.42 Å². The minimum Gasteiger partial charge on any atom is -0.296 e.